The van der Waals surface area contributed by atoms with Gasteiger partial charge in [-0.25, -0.2) is 0 Å². The molecule has 0 heterocycles. The number of carbonyl (C=O) groups excluding carboxylic acids is 2. The lowest BCUT2D eigenvalue weighted by Crippen LogP contribution is -2.50. The second kappa shape index (κ2) is 13.2. The normalized spacial score (nSPS) is 14.8. The standard InChI is InChI=1S/C27H35ClN2O4/c1-20(27(32)29-23-7-4-3-5-8-23)30(19-21-10-14-24(33-2)15-11-21)26(31)9-6-18-34-25-16-12-22(28)13-17-25/h10-17,20,23H,3-9,18-19H2,1-2H3,(H,29,32)/t20-/m0/s1. The van der Waals surface area contributed by atoms with Crippen LogP contribution in [0.1, 0.15) is 57.4 Å². The first-order chi connectivity index (χ1) is 16.5. The van der Waals surface area contributed by atoms with E-state index in [4.69, 9.17) is 21.1 Å². The van der Waals surface area contributed by atoms with Crippen LogP contribution in [0.15, 0.2) is 48.5 Å². The summed E-state index contributed by atoms with van der Waals surface area (Å²) < 4.78 is 11.0. The van der Waals surface area contributed by atoms with E-state index in [9.17, 15) is 9.59 Å². The molecule has 0 aliphatic heterocycles. The minimum absolute atomic E-state index is 0.0678. The summed E-state index contributed by atoms with van der Waals surface area (Å²) in [4.78, 5) is 27.9. The second-order valence-corrected chi connectivity index (χ2v) is 9.23. The number of ether oxygens (including phenoxy) is 2. The Morgan fingerprint density at radius 2 is 1.68 bits per heavy atom. The first kappa shape index (κ1) is 25.9. The minimum atomic E-state index is -0.561. The Bertz CT molecular complexity index is 911. The number of hydrogen-bond donors (Lipinski definition) is 1. The molecule has 184 valence electrons. The molecule has 2 amide bonds. The molecule has 2 aromatic carbocycles. The number of hydrogen-bond acceptors (Lipinski definition) is 4. The van der Waals surface area contributed by atoms with Gasteiger partial charge in [-0.15, -0.1) is 0 Å². The Morgan fingerprint density at radius 3 is 2.32 bits per heavy atom. The molecule has 0 radical (unpaired) electrons. The Kier molecular flexibility index (Phi) is 10.1. The maximum atomic E-state index is 13.2. The van der Waals surface area contributed by atoms with Crippen molar-refractivity contribution >= 4 is 23.4 Å². The molecule has 1 aliphatic rings. The fourth-order valence-corrected chi connectivity index (χ4v) is 4.29. The van der Waals surface area contributed by atoms with Crippen LogP contribution in [0.25, 0.3) is 0 Å². The van der Waals surface area contributed by atoms with Gasteiger partial charge in [-0.1, -0.05) is 43.0 Å². The number of carbonyl (C=O) groups is 2. The van der Waals surface area contributed by atoms with E-state index in [-0.39, 0.29) is 17.9 Å². The second-order valence-electron chi connectivity index (χ2n) is 8.80. The average molecular weight is 487 g/mol. The largest absolute Gasteiger partial charge is 0.497 e. The first-order valence-corrected chi connectivity index (χ1v) is 12.4. The predicted octanol–water partition coefficient (Wildman–Crippen LogP) is 5.37. The maximum Gasteiger partial charge on any atom is 0.242 e. The van der Waals surface area contributed by atoms with Gasteiger partial charge in [-0.2, -0.15) is 0 Å². The fourth-order valence-electron chi connectivity index (χ4n) is 4.17. The van der Waals surface area contributed by atoms with Crippen LogP contribution in [0.5, 0.6) is 11.5 Å². The molecule has 0 aromatic heterocycles. The van der Waals surface area contributed by atoms with Gasteiger partial charge in [0.05, 0.1) is 13.7 Å². The van der Waals surface area contributed by atoms with Gasteiger partial charge in [0, 0.05) is 24.0 Å². The van der Waals surface area contributed by atoms with E-state index in [0.717, 1.165) is 37.0 Å². The van der Waals surface area contributed by atoms with Crippen LogP contribution < -0.4 is 14.8 Å². The summed E-state index contributed by atoms with van der Waals surface area (Å²) >= 11 is 5.90. The van der Waals surface area contributed by atoms with Crippen molar-refractivity contribution < 1.29 is 19.1 Å². The van der Waals surface area contributed by atoms with E-state index in [1.54, 1.807) is 36.3 Å². The van der Waals surface area contributed by atoms with Crippen molar-refractivity contribution in [2.75, 3.05) is 13.7 Å². The summed E-state index contributed by atoms with van der Waals surface area (Å²) in [5.74, 6) is 1.31. The van der Waals surface area contributed by atoms with Crippen molar-refractivity contribution in [2.24, 2.45) is 0 Å². The van der Waals surface area contributed by atoms with Gasteiger partial charge in [0.2, 0.25) is 11.8 Å². The molecule has 1 fully saturated rings. The maximum absolute atomic E-state index is 13.2. The summed E-state index contributed by atoms with van der Waals surface area (Å²) in [5.41, 5.74) is 0.948. The minimum Gasteiger partial charge on any atom is -0.497 e. The lowest BCUT2D eigenvalue weighted by atomic mass is 9.95. The number of methoxy groups -OCH3 is 1. The van der Waals surface area contributed by atoms with E-state index >= 15 is 0 Å². The zero-order chi connectivity index (χ0) is 24.3. The molecule has 0 spiro atoms. The third-order valence-corrected chi connectivity index (χ3v) is 6.50. The van der Waals surface area contributed by atoms with E-state index in [2.05, 4.69) is 5.32 Å². The molecule has 1 N–H and O–H groups in total. The quantitative estimate of drug-likeness (QED) is 0.433. The number of nitrogens with zero attached hydrogens (tertiary/aromatic N) is 1. The third kappa shape index (κ3) is 7.94. The molecule has 0 bridgehead atoms. The van der Waals surface area contributed by atoms with Gasteiger partial charge in [-0.05, 0) is 68.1 Å². The van der Waals surface area contributed by atoms with Gasteiger partial charge in [0.1, 0.15) is 17.5 Å². The number of amides is 2. The molecular formula is C27H35ClN2O4. The monoisotopic (exact) mass is 486 g/mol. The van der Waals surface area contributed by atoms with Crippen LogP contribution >= 0.6 is 11.6 Å². The van der Waals surface area contributed by atoms with Gasteiger partial charge < -0.3 is 19.7 Å². The number of halogens is 1. The van der Waals surface area contributed by atoms with E-state index in [1.165, 1.54) is 6.42 Å². The van der Waals surface area contributed by atoms with Gasteiger partial charge in [0.15, 0.2) is 0 Å². The molecular weight excluding hydrogens is 452 g/mol. The molecule has 3 rings (SSSR count). The summed E-state index contributed by atoms with van der Waals surface area (Å²) in [6, 6.07) is 14.4. The molecule has 7 heteroatoms. The van der Waals surface area contributed by atoms with E-state index in [1.807, 2.05) is 31.2 Å². The van der Waals surface area contributed by atoms with Crippen LogP contribution in [0.4, 0.5) is 0 Å². The van der Waals surface area contributed by atoms with Gasteiger partial charge in [-0.3, -0.25) is 9.59 Å². The van der Waals surface area contributed by atoms with Crippen LogP contribution in [0.2, 0.25) is 5.02 Å². The van der Waals surface area contributed by atoms with Gasteiger partial charge in [0.25, 0.3) is 0 Å². The fraction of sp³-hybridized carbons (Fsp3) is 0.481. The topological polar surface area (TPSA) is 67.9 Å². The van der Waals surface area contributed by atoms with Crippen molar-refractivity contribution in [3.63, 3.8) is 0 Å². The van der Waals surface area contributed by atoms with Crippen molar-refractivity contribution in [2.45, 2.75) is 70.5 Å². The van der Waals surface area contributed by atoms with Crippen LogP contribution in [0, 0.1) is 0 Å². The third-order valence-electron chi connectivity index (χ3n) is 6.25. The summed E-state index contributed by atoms with van der Waals surface area (Å²) in [6.07, 6.45) is 6.37. The smallest absolute Gasteiger partial charge is 0.242 e. The molecule has 1 saturated carbocycles. The Balaban J connectivity index is 1.60. The molecule has 2 aromatic rings. The molecule has 1 atom stereocenters. The Hall–Kier alpha value is -2.73. The van der Waals surface area contributed by atoms with Gasteiger partial charge >= 0.3 is 0 Å². The lowest BCUT2D eigenvalue weighted by Gasteiger charge is -2.31. The molecule has 0 saturated heterocycles. The summed E-state index contributed by atoms with van der Waals surface area (Å²) in [6.45, 7) is 2.58. The highest BCUT2D eigenvalue weighted by Crippen LogP contribution is 2.20. The van der Waals surface area contributed by atoms with Crippen molar-refractivity contribution in [1.82, 2.24) is 10.2 Å². The Morgan fingerprint density at radius 1 is 1.03 bits per heavy atom. The number of benzene rings is 2. The van der Waals surface area contributed by atoms with Crippen LogP contribution in [-0.4, -0.2) is 42.5 Å². The van der Waals surface area contributed by atoms with Crippen molar-refractivity contribution in [3.8, 4) is 11.5 Å². The molecule has 6 nitrogen and oxygen atoms in total. The molecule has 0 unspecified atom stereocenters. The number of rotatable bonds is 11. The summed E-state index contributed by atoms with van der Waals surface area (Å²) in [5, 5.41) is 3.81. The highest BCUT2D eigenvalue weighted by atomic mass is 35.5. The zero-order valence-electron chi connectivity index (χ0n) is 20.1. The predicted molar refractivity (Wildman–Crippen MR) is 134 cm³/mol. The highest BCUT2D eigenvalue weighted by Gasteiger charge is 2.27. The average Bonchev–Trinajstić information content (AvgIpc) is 2.86. The zero-order valence-corrected chi connectivity index (χ0v) is 20.9. The van der Waals surface area contributed by atoms with Crippen LogP contribution in [0.3, 0.4) is 0 Å². The molecule has 34 heavy (non-hydrogen) atoms. The lowest BCUT2D eigenvalue weighted by molar-refractivity contribution is -0.141. The highest BCUT2D eigenvalue weighted by molar-refractivity contribution is 6.30. The Labute approximate surface area is 207 Å². The van der Waals surface area contributed by atoms with Crippen molar-refractivity contribution in [3.05, 3.63) is 59.1 Å². The molecule has 1 aliphatic carbocycles. The van der Waals surface area contributed by atoms with E-state index in [0.29, 0.717) is 36.8 Å². The van der Waals surface area contributed by atoms with Crippen molar-refractivity contribution in [1.29, 1.82) is 0 Å². The number of nitrogens with one attached hydrogen (secondary N) is 1. The summed E-state index contributed by atoms with van der Waals surface area (Å²) in [7, 11) is 1.62. The first-order valence-electron chi connectivity index (χ1n) is 12.1. The van der Waals surface area contributed by atoms with E-state index < -0.39 is 6.04 Å². The SMILES string of the molecule is COc1ccc(CN(C(=O)CCCOc2ccc(Cl)cc2)[C@@H](C)C(=O)NC2CCCCC2)cc1. The van der Waals surface area contributed by atoms with Crippen LogP contribution in [-0.2, 0) is 16.1 Å².